The number of hydrogen-bond donors (Lipinski definition) is 1. The number of aromatic nitrogens is 2. The van der Waals surface area contributed by atoms with Gasteiger partial charge < -0.3 is 4.42 Å². The minimum absolute atomic E-state index is 0.108. The summed E-state index contributed by atoms with van der Waals surface area (Å²) >= 11 is 5.74. The monoisotopic (exact) mass is 379 g/mol. The van der Waals surface area contributed by atoms with Gasteiger partial charge in [0.25, 0.3) is 0 Å². The Morgan fingerprint density at radius 3 is 2.39 bits per heavy atom. The molecule has 0 saturated carbocycles. The van der Waals surface area contributed by atoms with Crippen molar-refractivity contribution in [3.63, 3.8) is 0 Å². The van der Waals surface area contributed by atoms with Crippen molar-refractivity contribution in [2.24, 2.45) is 0 Å². The molecule has 1 aromatic carbocycles. The molecule has 1 N–H and O–H groups in total. The minimum Gasteiger partial charge on any atom is -0.411 e. The lowest BCUT2D eigenvalue weighted by Gasteiger charge is -2.01. The Labute approximate surface area is 138 Å². The molecule has 0 bridgehead atoms. The summed E-state index contributed by atoms with van der Waals surface area (Å²) in [6.45, 7) is 1.21. The molecule has 2 aromatic rings. The van der Waals surface area contributed by atoms with E-state index in [4.69, 9.17) is 16.0 Å². The maximum atomic E-state index is 12.2. The summed E-state index contributed by atoms with van der Waals surface area (Å²) < 4.78 is 54.2. The van der Waals surface area contributed by atoms with Gasteiger partial charge in [0.1, 0.15) is 0 Å². The highest BCUT2D eigenvalue weighted by molar-refractivity contribution is 7.90. The Hall–Kier alpha value is -1.49. The van der Waals surface area contributed by atoms with Gasteiger partial charge in [-0.15, -0.1) is 5.10 Å². The minimum atomic E-state index is -3.83. The first-order chi connectivity index (χ1) is 10.7. The molecule has 0 aliphatic heterocycles. The average Bonchev–Trinajstić information content (AvgIpc) is 2.97. The third-order valence-corrected chi connectivity index (χ3v) is 5.81. The van der Waals surface area contributed by atoms with Crippen molar-refractivity contribution in [3.8, 4) is 0 Å². The summed E-state index contributed by atoms with van der Waals surface area (Å²) in [5.41, 5.74) is 0.515. The molecule has 0 radical (unpaired) electrons. The highest BCUT2D eigenvalue weighted by atomic mass is 35.5. The number of nitrogens with one attached hydrogen (secondary N) is 1. The highest BCUT2D eigenvalue weighted by Gasteiger charge is 2.23. The molecule has 0 fully saturated rings. The van der Waals surface area contributed by atoms with E-state index in [1.54, 1.807) is 24.3 Å². The van der Waals surface area contributed by atoms with Crippen LogP contribution in [0.15, 0.2) is 33.9 Å². The molecule has 8 nitrogen and oxygen atoms in total. The van der Waals surface area contributed by atoms with Gasteiger partial charge >= 0.3 is 5.22 Å². The molecular weight excluding hydrogens is 366 g/mol. The first kappa shape index (κ1) is 17.9. The van der Waals surface area contributed by atoms with Crippen LogP contribution in [0.4, 0.5) is 0 Å². The number of sulfonamides is 1. The molecule has 23 heavy (non-hydrogen) atoms. The van der Waals surface area contributed by atoms with Crippen molar-refractivity contribution in [1.29, 1.82) is 0 Å². The number of benzene rings is 1. The smallest absolute Gasteiger partial charge is 0.335 e. The molecule has 0 aliphatic rings. The van der Waals surface area contributed by atoms with E-state index in [0.29, 0.717) is 10.6 Å². The third-order valence-electron chi connectivity index (χ3n) is 2.81. The average molecular weight is 380 g/mol. The van der Waals surface area contributed by atoms with E-state index in [2.05, 4.69) is 14.9 Å². The first-order valence-electron chi connectivity index (χ1n) is 6.49. The predicted molar refractivity (Wildman–Crippen MR) is 82.9 cm³/mol. The summed E-state index contributed by atoms with van der Waals surface area (Å²) in [6, 6.07) is 6.30. The van der Waals surface area contributed by atoms with E-state index in [0.717, 1.165) is 0 Å². The zero-order chi connectivity index (χ0) is 17.1. The maximum absolute atomic E-state index is 12.2. The van der Waals surface area contributed by atoms with Crippen LogP contribution in [0, 0.1) is 0 Å². The van der Waals surface area contributed by atoms with Crippen molar-refractivity contribution in [2.75, 3.05) is 5.75 Å². The van der Waals surface area contributed by atoms with Crippen LogP contribution in [0.5, 0.6) is 0 Å². The first-order valence-corrected chi connectivity index (χ1v) is 10.2. The Bertz CT molecular complexity index is 876. The fourth-order valence-electron chi connectivity index (χ4n) is 1.57. The molecule has 0 amide bonds. The molecule has 1 aromatic heterocycles. The van der Waals surface area contributed by atoms with Crippen LogP contribution in [-0.2, 0) is 32.2 Å². The molecular formula is C12H14ClN3O5S2. The number of hydrogen-bond acceptors (Lipinski definition) is 7. The normalized spacial score (nSPS) is 12.4. The Morgan fingerprint density at radius 2 is 1.78 bits per heavy atom. The summed E-state index contributed by atoms with van der Waals surface area (Å²) in [6.07, 6.45) is 0. The molecule has 2 rings (SSSR count). The Balaban J connectivity index is 2.10. The highest BCUT2D eigenvalue weighted by Crippen LogP contribution is 2.17. The molecule has 126 valence electrons. The molecule has 11 heteroatoms. The van der Waals surface area contributed by atoms with Crippen LogP contribution in [0.2, 0.25) is 5.02 Å². The molecule has 0 atom stereocenters. The molecule has 0 spiro atoms. The van der Waals surface area contributed by atoms with Crippen molar-refractivity contribution >= 4 is 31.5 Å². The zero-order valence-electron chi connectivity index (χ0n) is 12.1. The number of sulfone groups is 1. The van der Waals surface area contributed by atoms with Crippen molar-refractivity contribution in [2.45, 2.75) is 24.4 Å². The van der Waals surface area contributed by atoms with Gasteiger partial charge in [0.05, 0.1) is 18.1 Å². The Morgan fingerprint density at radius 1 is 1.13 bits per heavy atom. The Kier molecular flexibility index (Phi) is 5.40. The lowest BCUT2D eigenvalue weighted by molar-refractivity contribution is 0.393. The fraction of sp³-hybridized carbons (Fsp3) is 0.333. The molecule has 0 unspecified atom stereocenters. The van der Waals surface area contributed by atoms with Crippen LogP contribution in [-0.4, -0.2) is 32.8 Å². The SMILES string of the molecule is CCS(=O)(=O)NCc1nnc(S(=O)(=O)Cc2ccc(Cl)cc2)o1. The van der Waals surface area contributed by atoms with Crippen molar-refractivity contribution < 1.29 is 21.3 Å². The van der Waals surface area contributed by atoms with Gasteiger partial charge in [-0.2, -0.15) is 0 Å². The second-order valence-electron chi connectivity index (χ2n) is 4.57. The fourth-order valence-corrected chi connectivity index (χ4v) is 3.39. The van der Waals surface area contributed by atoms with E-state index in [9.17, 15) is 16.8 Å². The van der Waals surface area contributed by atoms with Gasteiger partial charge in [-0.1, -0.05) is 28.8 Å². The molecule has 0 aliphatic carbocycles. The predicted octanol–water partition coefficient (Wildman–Crippen LogP) is 1.14. The van der Waals surface area contributed by atoms with Gasteiger partial charge in [-0.05, 0) is 24.6 Å². The topological polar surface area (TPSA) is 119 Å². The van der Waals surface area contributed by atoms with E-state index in [1.807, 2.05) is 0 Å². The van der Waals surface area contributed by atoms with Crippen molar-refractivity contribution in [3.05, 3.63) is 40.7 Å². The van der Waals surface area contributed by atoms with Crippen molar-refractivity contribution in [1.82, 2.24) is 14.9 Å². The van der Waals surface area contributed by atoms with Crippen LogP contribution in [0.3, 0.4) is 0 Å². The lowest BCUT2D eigenvalue weighted by atomic mass is 10.2. The second-order valence-corrected chi connectivity index (χ2v) is 8.97. The summed E-state index contributed by atoms with van der Waals surface area (Å²) in [4.78, 5) is 0. The standard InChI is InChI=1S/C12H14ClN3O5S2/c1-2-23(19,20)14-7-11-15-16-12(21-11)22(17,18)8-9-3-5-10(13)6-4-9/h3-6,14H,2,7-8H2,1H3. The van der Waals surface area contributed by atoms with Gasteiger partial charge in [0, 0.05) is 5.02 Å². The third kappa shape index (κ3) is 4.99. The van der Waals surface area contributed by atoms with Gasteiger partial charge in [0.2, 0.25) is 25.8 Å². The van der Waals surface area contributed by atoms with Crippen LogP contribution in [0.1, 0.15) is 18.4 Å². The van der Waals surface area contributed by atoms with Crippen LogP contribution >= 0.6 is 11.6 Å². The van der Waals surface area contributed by atoms with Gasteiger partial charge in [-0.25, -0.2) is 21.6 Å². The van der Waals surface area contributed by atoms with E-state index in [-0.39, 0.29) is 23.9 Å². The largest absolute Gasteiger partial charge is 0.411 e. The van der Waals surface area contributed by atoms with Crippen LogP contribution in [0.25, 0.3) is 0 Å². The number of nitrogens with zero attached hydrogens (tertiary/aromatic N) is 2. The van der Waals surface area contributed by atoms with E-state index >= 15 is 0 Å². The van der Waals surface area contributed by atoms with E-state index in [1.165, 1.54) is 6.92 Å². The summed E-state index contributed by atoms with van der Waals surface area (Å²) in [5, 5.41) is 6.93. The molecule has 0 saturated heterocycles. The lowest BCUT2D eigenvalue weighted by Crippen LogP contribution is -2.24. The summed E-state index contributed by atoms with van der Waals surface area (Å²) in [5.74, 6) is -0.563. The summed E-state index contributed by atoms with van der Waals surface area (Å²) in [7, 11) is -7.26. The second kappa shape index (κ2) is 6.95. The number of rotatable bonds is 7. The quantitative estimate of drug-likeness (QED) is 0.765. The number of halogens is 1. The molecule has 1 heterocycles. The van der Waals surface area contributed by atoms with Crippen LogP contribution < -0.4 is 4.72 Å². The maximum Gasteiger partial charge on any atom is 0.335 e. The van der Waals surface area contributed by atoms with E-state index < -0.39 is 25.1 Å². The van der Waals surface area contributed by atoms with Gasteiger partial charge in [0.15, 0.2) is 0 Å². The van der Waals surface area contributed by atoms with Gasteiger partial charge in [-0.3, -0.25) is 0 Å². The zero-order valence-corrected chi connectivity index (χ0v) is 14.4.